The van der Waals surface area contributed by atoms with Crippen LogP contribution in [0.4, 0.5) is 5.69 Å². The summed E-state index contributed by atoms with van der Waals surface area (Å²) >= 11 is 0. The van der Waals surface area contributed by atoms with Gasteiger partial charge in [-0.3, -0.25) is 14.4 Å². The number of anilines is 1. The Morgan fingerprint density at radius 1 is 0.903 bits per heavy atom. The lowest BCUT2D eigenvalue weighted by molar-refractivity contribution is -0.119. The van der Waals surface area contributed by atoms with Gasteiger partial charge in [0.1, 0.15) is 5.75 Å². The summed E-state index contributed by atoms with van der Waals surface area (Å²) in [6.45, 7) is 1.81. The lowest BCUT2D eigenvalue weighted by Crippen LogP contribution is -2.50. The number of ether oxygens (including phenoxy) is 1. The Labute approximate surface area is 182 Å². The number of para-hydroxylation sites is 1. The van der Waals surface area contributed by atoms with Crippen molar-refractivity contribution in [1.82, 2.24) is 9.80 Å². The molecule has 0 unspecified atom stereocenters. The highest BCUT2D eigenvalue weighted by molar-refractivity contribution is 6.05. The smallest absolute Gasteiger partial charge is 0.256 e. The Kier molecular flexibility index (Phi) is 5.93. The zero-order valence-electron chi connectivity index (χ0n) is 17.9. The number of benzene rings is 2. The number of amides is 3. The maximum atomic E-state index is 13.2. The number of hydrogen-bond acceptors (Lipinski definition) is 4. The summed E-state index contributed by atoms with van der Waals surface area (Å²) in [5, 5.41) is 0. The van der Waals surface area contributed by atoms with Gasteiger partial charge in [-0.15, -0.1) is 0 Å². The SMILES string of the molecule is COc1cccc(C(=O)N2CCN(C(=O)c3ccccc3N(C)C(=O)C3CC3)CC2)c1. The van der Waals surface area contributed by atoms with E-state index in [9.17, 15) is 14.4 Å². The second kappa shape index (κ2) is 8.79. The monoisotopic (exact) mass is 421 g/mol. The van der Waals surface area contributed by atoms with Gasteiger partial charge in [0.2, 0.25) is 5.91 Å². The van der Waals surface area contributed by atoms with Gasteiger partial charge in [0.15, 0.2) is 0 Å². The molecule has 3 amide bonds. The molecule has 162 valence electrons. The Morgan fingerprint density at radius 3 is 2.19 bits per heavy atom. The third kappa shape index (κ3) is 4.40. The topological polar surface area (TPSA) is 70.2 Å². The first-order valence-electron chi connectivity index (χ1n) is 10.6. The van der Waals surface area contributed by atoms with Crippen LogP contribution in [-0.2, 0) is 4.79 Å². The van der Waals surface area contributed by atoms with Crippen LogP contribution in [0.5, 0.6) is 5.75 Å². The van der Waals surface area contributed by atoms with E-state index in [1.165, 1.54) is 0 Å². The molecule has 0 aromatic heterocycles. The van der Waals surface area contributed by atoms with Crippen molar-refractivity contribution in [2.75, 3.05) is 45.2 Å². The molecule has 1 heterocycles. The molecule has 0 radical (unpaired) electrons. The zero-order chi connectivity index (χ0) is 22.0. The molecule has 2 fully saturated rings. The molecule has 4 rings (SSSR count). The number of hydrogen-bond donors (Lipinski definition) is 0. The molecule has 2 aromatic rings. The average Bonchev–Trinajstić information content (AvgIpc) is 3.68. The Bertz CT molecular complexity index is 994. The summed E-state index contributed by atoms with van der Waals surface area (Å²) < 4.78 is 5.20. The van der Waals surface area contributed by atoms with E-state index in [0.717, 1.165) is 12.8 Å². The molecule has 1 aliphatic carbocycles. The van der Waals surface area contributed by atoms with E-state index in [4.69, 9.17) is 4.74 Å². The van der Waals surface area contributed by atoms with Crippen LogP contribution in [0, 0.1) is 5.92 Å². The minimum absolute atomic E-state index is 0.0638. The van der Waals surface area contributed by atoms with Gasteiger partial charge in [0.25, 0.3) is 11.8 Å². The summed E-state index contributed by atoms with van der Waals surface area (Å²) in [4.78, 5) is 43.7. The number of carbonyl (C=O) groups is 3. The van der Waals surface area contributed by atoms with Gasteiger partial charge in [-0.25, -0.2) is 0 Å². The van der Waals surface area contributed by atoms with Gasteiger partial charge in [0.05, 0.1) is 18.4 Å². The highest BCUT2D eigenvalue weighted by atomic mass is 16.5. The normalized spacial score (nSPS) is 16.1. The Morgan fingerprint density at radius 2 is 1.55 bits per heavy atom. The van der Waals surface area contributed by atoms with Crippen molar-refractivity contribution in [3.05, 3.63) is 59.7 Å². The van der Waals surface area contributed by atoms with Crippen LogP contribution in [0.1, 0.15) is 33.6 Å². The molecule has 1 saturated carbocycles. The van der Waals surface area contributed by atoms with E-state index in [1.807, 2.05) is 18.2 Å². The molecular weight excluding hydrogens is 394 g/mol. The van der Waals surface area contributed by atoms with Crippen LogP contribution in [0.15, 0.2) is 48.5 Å². The molecule has 2 aliphatic rings. The standard InChI is InChI=1S/C24H27N3O4/c1-25(22(28)17-10-11-17)21-9-4-3-8-20(21)24(30)27-14-12-26(13-15-27)23(29)18-6-5-7-19(16-18)31-2/h3-9,16-17H,10-15H2,1-2H3. The van der Waals surface area contributed by atoms with E-state index in [-0.39, 0.29) is 23.6 Å². The highest BCUT2D eigenvalue weighted by Crippen LogP contribution is 2.33. The van der Waals surface area contributed by atoms with Gasteiger partial charge in [-0.2, -0.15) is 0 Å². The van der Waals surface area contributed by atoms with Crippen LogP contribution in [-0.4, -0.2) is 67.9 Å². The summed E-state index contributed by atoms with van der Waals surface area (Å²) in [6.07, 6.45) is 1.84. The van der Waals surface area contributed by atoms with Gasteiger partial charge < -0.3 is 19.4 Å². The van der Waals surface area contributed by atoms with E-state index in [0.29, 0.717) is 48.7 Å². The lowest BCUT2D eigenvalue weighted by atomic mass is 10.1. The van der Waals surface area contributed by atoms with Crippen LogP contribution in [0.2, 0.25) is 0 Å². The maximum absolute atomic E-state index is 13.2. The first kappa shape index (κ1) is 20.9. The number of carbonyl (C=O) groups excluding carboxylic acids is 3. The molecule has 7 heteroatoms. The number of piperazine rings is 1. The molecule has 0 bridgehead atoms. The van der Waals surface area contributed by atoms with Crippen molar-refractivity contribution >= 4 is 23.4 Å². The van der Waals surface area contributed by atoms with Crippen molar-refractivity contribution in [2.45, 2.75) is 12.8 Å². The summed E-state index contributed by atoms with van der Waals surface area (Å²) in [6, 6.07) is 14.3. The Hall–Kier alpha value is -3.35. The summed E-state index contributed by atoms with van der Waals surface area (Å²) in [7, 11) is 3.30. The van der Waals surface area contributed by atoms with Gasteiger partial charge in [0, 0.05) is 44.7 Å². The lowest BCUT2D eigenvalue weighted by Gasteiger charge is -2.35. The predicted octanol–water partition coefficient (Wildman–Crippen LogP) is 2.67. The van der Waals surface area contributed by atoms with Crippen LogP contribution in [0.3, 0.4) is 0 Å². The zero-order valence-corrected chi connectivity index (χ0v) is 17.9. The molecule has 0 spiro atoms. The average molecular weight is 421 g/mol. The quantitative estimate of drug-likeness (QED) is 0.744. The van der Waals surface area contributed by atoms with Crippen molar-refractivity contribution in [2.24, 2.45) is 5.92 Å². The fraction of sp³-hybridized carbons (Fsp3) is 0.375. The van der Waals surface area contributed by atoms with Crippen molar-refractivity contribution < 1.29 is 19.1 Å². The molecule has 7 nitrogen and oxygen atoms in total. The van der Waals surface area contributed by atoms with Crippen LogP contribution in [0.25, 0.3) is 0 Å². The fourth-order valence-corrected chi connectivity index (χ4v) is 3.89. The third-order valence-electron chi connectivity index (χ3n) is 5.92. The summed E-state index contributed by atoms with van der Waals surface area (Å²) in [5.74, 6) is 0.607. The largest absolute Gasteiger partial charge is 0.497 e. The number of methoxy groups -OCH3 is 1. The van der Waals surface area contributed by atoms with E-state index in [2.05, 4.69) is 0 Å². The van der Waals surface area contributed by atoms with E-state index < -0.39 is 0 Å². The van der Waals surface area contributed by atoms with Gasteiger partial charge in [-0.1, -0.05) is 18.2 Å². The molecular formula is C24H27N3O4. The Balaban J connectivity index is 1.43. The van der Waals surface area contributed by atoms with Gasteiger partial charge in [-0.05, 0) is 43.2 Å². The fourth-order valence-electron chi connectivity index (χ4n) is 3.89. The molecule has 31 heavy (non-hydrogen) atoms. The van der Waals surface area contributed by atoms with Gasteiger partial charge >= 0.3 is 0 Å². The highest BCUT2D eigenvalue weighted by Gasteiger charge is 2.34. The first-order valence-corrected chi connectivity index (χ1v) is 10.6. The van der Waals surface area contributed by atoms with E-state index in [1.54, 1.807) is 59.2 Å². The van der Waals surface area contributed by atoms with Crippen molar-refractivity contribution in [3.63, 3.8) is 0 Å². The molecule has 1 aliphatic heterocycles. The first-order chi connectivity index (χ1) is 15.0. The third-order valence-corrected chi connectivity index (χ3v) is 5.92. The molecule has 2 aromatic carbocycles. The summed E-state index contributed by atoms with van der Waals surface area (Å²) in [5.41, 5.74) is 1.73. The predicted molar refractivity (Wildman–Crippen MR) is 117 cm³/mol. The second-order valence-electron chi connectivity index (χ2n) is 8.01. The number of nitrogens with zero attached hydrogens (tertiary/aromatic N) is 3. The number of rotatable bonds is 5. The minimum atomic E-state index is -0.112. The van der Waals surface area contributed by atoms with Crippen molar-refractivity contribution in [3.8, 4) is 5.75 Å². The second-order valence-corrected chi connectivity index (χ2v) is 8.01. The maximum Gasteiger partial charge on any atom is 0.256 e. The van der Waals surface area contributed by atoms with Crippen molar-refractivity contribution in [1.29, 1.82) is 0 Å². The minimum Gasteiger partial charge on any atom is -0.497 e. The van der Waals surface area contributed by atoms with Crippen LogP contribution < -0.4 is 9.64 Å². The molecule has 0 N–H and O–H groups in total. The van der Waals surface area contributed by atoms with Crippen LogP contribution >= 0.6 is 0 Å². The molecule has 1 saturated heterocycles. The molecule has 0 atom stereocenters. The van der Waals surface area contributed by atoms with E-state index >= 15 is 0 Å².